The van der Waals surface area contributed by atoms with Gasteiger partial charge in [-0.05, 0) is 50.1 Å². The van der Waals surface area contributed by atoms with Crippen molar-refractivity contribution in [1.29, 1.82) is 0 Å². The highest BCUT2D eigenvalue weighted by atomic mass is 16.2. The molecule has 0 spiro atoms. The summed E-state index contributed by atoms with van der Waals surface area (Å²) in [6, 6.07) is 6.00. The number of benzene rings is 1. The van der Waals surface area contributed by atoms with E-state index in [2.05, 4.69) is 25.7 Å². The van der Waals surface area contributed by atoms with Crippen LogP contribution in [0.4, 0.5) is 0 Å². The van der Waals surface area contributed by atoms with Crippen LogP contribution in [0.5, 0.6) is 0 Å². The Morgan fingerprint density at radius 2 is 1.79 bits per heavy atom. The lowest BCUT2D eigenvalue weighted by Gasteiger charge is -2.34. The number of carbonyl (C=O) groups is 1. The number of hydrogen-bond donors (Lipinski definition) is 0. The molecule has 0 saturated carbocycles. The Hall–Kier alpha value is -1.35. The van der Waals surface area contributed by atoms with Crippen molar-refractivity contribution in [2.24, 2.45) is 0 Å². The summed E-state index contributed by atoms with van der Waals surface area (Å²) in [7, 11) is 0. The molecule has 0 atom stereocenters. The average Bonchev–Trinajstić information content (AvgIpc) is 2.42. The van der Waals surface area contributed by atoms with Crippen molar-refractivity contribution < 1.29 is 4.79 Å². The van der Waals surface area contributed by atoms with Crippen molar-refractivity contribution in [1.82, 2.24) is 9.80 Å². The minimum atomic E-state index is 0.180. The largest absolute Gasteiger partial charge is 0.336 e. The van der Waals surface area contributed by atoms with Gasteiger partial charge in [-0.15, -0.1) is 0 Å². The summed E-state index contributed by atoms with van der Waals surface area (Å²) in [5, 5.41) is 0. The van der Waals surface area contributed by atoms with Crippen molar-refractivity contribution >= 4 is 5.91 Å². The van der Waals surface area contributed by atoms with Crippen LogP contribution in [0.2, 0.25) is 0 Å². The molecule has 0 unspecified atom stereocenters. The average molecular weight is 260 g/mol. The normalized spacial score (nSPS) is 16.7. The van der Waals surface area contributed by atoms with Crippen LogP contribution in [-0.4, -0.2) is 48.4 Å². The van der Waals surface area contributed by atoms with Gasteiger partial charge in [0.15, 0.2) is 0 Å². The highest BCUT2D eigenvalue weighted by Gasteiger charge is 2.21. The zero-order valence-corrected chi connectivity index (χ0v) is 12.3. The van der Waals surface area contributed by atoms with Gasteiger partial charge in [0, 0.05) is 31.7 Å². The number of aryl methyl sites for hydroxylation is 2. The van der Waals surface area contributed by atoms with Crippen LogP contribution < -0.4 is 0 Å². The maximum absolute atomic E-state index is 12.4. The first kappa shape index (κ1) is 14.1. The third-order valence-corrected chi connectivity index (χ3v) is 3.95. The molecule has 1 aliphatic heterocycles. The molecule has 0 aromatic heterocycles. The van der Waals surface area contributed by atoms with E-state index in [9.17, 15) is 4.79 Å². The fraction of sp³-hybridized carbons (Fsp3) is 0.562. The Balaban J connectivity index is 1.99. The number of carbonyl (C=O) groups excluding carboxylic acids is 1. The second kappa shape index (κ2) is 6.20. The number of hydrogen-bond acceptors (Lipinski definition) is 2. The van der Waals surface area contributed by atoms with E-state index in [1.807, 2.05) is 23.1 Å². The van der Waals surface area contributed by atoms with Gasteiger partial charge in [0.2, 0.25) is 0 Å². The van der Waals surface area contributed by atoms with Crippen LogP contribution in [-0.2, 0) is 0 Å². The van der Waals surface area contributed by atoms with Gasteiger partial charge < -0.3 is 4.90 Å². The first-order valence-corrected chi connectivity index (χ1v) is 7.20. The van der Waals surface area contributed by atoms with E-state index < -0.39 is 0 Å². The van der Waals surface area contributed by atoms with Gasteiger partial charge in [-0.3, -0.25) is 9.69 Å². The molecule has 3 heteroatoms. The smallest absolute Gasteiger partial charge is 0.253 e. The van der Waals surface area contributed by atoms with Gasteiger partial charge in [-0.25, -0.2) is 0 Å². The molecule has 19 heavy (non-hydrogen) atoms. The van der Waals surface area contributed by atoms with E-state index >= 15 is 0 Å². The molecule has 3 nitrogen and oxygen atoms in total. The molecule has 0 N–H and O–H groups in total. The number of piperazine rings is 1. The summed E-state index contributed by atoms with van der Waals surface area (Å²) in [6.45, 7) is 11.2. The van der Waals surface area contributed by atoms with Crippen molar-refractivity contribution in [2.75, 3.05) is 32.7 Å². The Kier molecular flexibility index (Phi) is 4.59. The first-order valence-electron chi connectivity index (χ1n) is 7.20. The fourth-order valence-corrected chi connectivity index (χ4v) is 2.55. The Morgan fingerprint density at radius 3 is 2.37 bits per heavy atom. The lowest BCUT2D eigenvalue weighted by atomic mass is 10.1. The van der Waals surface area contributed by atoms with E-state index in [1.54, 1.807) is 0 Å². The Labute approximate surface area is 116 Å². The molecule has 1 fully saturated rings. The quantitative estimate of drug-likeness (QED) is 0.833. The van der Waals surface area contributed by atoms with Gasteiger partial charge in [-0.2, -0.15) is 0 Å². The molecule has 1 aliphatic rings. The number of amides is 1. The Morgan fingerprint density at radius 1 is 1.11 bits per heavy atom. The maximum Gasteiger partial charge on any atom is 0.253 e. The molecule has 1 aromatic carbocycles. The van der Waals surface area contributed by atoms with Crippen LogP contribution in [0.3, 0.4) is 0 Å². The predicted octanol–water partition coefficient (Wildman–Crippen LogP) is 2.47. The third-order valence-electron chi connectivity index (χ3n) is 3.95. The number of nitrogens with zero attached hydrogens (tertiary/aromatic N) is 2. The minimum absolute atomic E-state index is 0.180. The predicted molar refractivity (Wildman–Crippen MR) is 78.6 cm³/mol. The highest BCUT2D eigenvalue weighted by molar-refractivity contribution is 5.94. The molecule has 1 saturated heterocycles. The summed E-state index contributed by atoms with van der Waals surface area (Å²) < 4.78 is 0. The fourth-order valence-electron chi connectivity index (χ4n) is 2.55. The molecule has 104 valence electrons. The van der Waals surface area contributed by atoms with Crippen molar-refractivity contribution in [2.45, 2.75) is 27.2 Å². The van der Waals surface area contributed by atoms with Crippen LogP contribution in [0.15, 0.2) is 18.2 Å². The minimum Gasteiger partial charge on any atom is -0.336 e. The monoisotopic (exact) mass is 260 g/mol. The van der Waals surface area contributed by atoms with E-state index in [4.69, 9.17) is 0 Å². The topological polar surface area (TPSA) is 23.6 Å². The first-order chi connectivity index (χ1) is 9.11. The summed E-state index contributed by atoms with van der Waals surface area (Å²) in [5.74, 6) is 0.180. The second-order valence-electron chi connectivity index (χ2n) is 5.43. The summed E-state index contributed by atoms with van der Waals surface area (Å²) in [6.07, 6.45) is 1.19. The van der Waals surface area contributed by atoms with Crippen LogP contribution in [0, 0.1) is 13.8 Å². The maximum atomic E-state index is 12.4. The van der Waals surface area contributed by atoms with Gasteiger partial charge in [0.1, 0.15) is 0 Å². The van der Waals surface area contributed by atoms with E-state index in [1.165, 1.54) is 17.5 Å². The lowest BCUT2D eigenvalue weighted by molar-refractivity contribution is 0.0637. The molecule has 1 amide bonds. The summed E-state index contributed by atoms with van der Waals surface area (Å²) in [4.78, 5) is 16.9. The van der Waals surface area contributed by atoms with Gasteiger partial charge in [0.25, 0.3) is 5.91 Å². The van der Waals surface area contributed by atoms with Crippen LogP contribution in [0.25, 0.3) is 0 Å². The zero-order chi connectivity index (χ0) is 13.8. The summed E-state index contributed by atoms with van der Waals surface area (Å²) in [5.41, 5.74) is 3.26. The second-order valence-corrected chi connectivity index (χ2v) is 5.43. The third kappa shape index (κ3) is 3.35. The molecule has 0 aliphatic carbocycles. The van der Waals surface area contributed by atoms with Gasteiger partial charge in [0.05, 0.1) is 0 Å². The van der Waals surface area contributed by atoms with Crippen molar-refractivity contribution in [3.8, 4) is 0 Å². The lowest BCUT2D eigenvalue weighted by Crippen LogP contribution is -2.48. The number of rotatable bonds is 3. The van der Waals surface area contributed by atoms with Gasteiger partial charge >= 0.3 is 0 Å². The van der Waals surface area contributed by atoms with Crippen molar-refractivity contribution in [3.05, 3.63) is 34.9 Å². The SMILES string of the molecule is CCCN1CCN(C(=O)c2ccc(C)c(C)c2)CC1. The molecular weight excluding hydrogens is 236 g/mol. The van der Waals surface area contributed by atoms with E-state index in [0.29, 0.717) is 0 Å². The Bertz CT molecular complexity index is 448. The van der Waals surface area contributed by atoms with Crippen LogP contribution in [0.1, 0.15) is 34.8 Å². The highest BCUT2D eigenvalue weighted by Crippen LogP contribution is 2.13. The molecular formula is C16H24N2O. The van der Waals surface area contributed by atoms with Crippen LogP contribution >= 0.6 is 0 Å². The van der Waals surface area contributed by atoms with Crippen molar-refractivity contribution in [3.63, 3.8) is 0 Å². The summed E-state index contributed by atoms with van der Waals surface area (Å²) >= 11 is 0. The molecule has 0 bridgehead atoms. The zero-order valence-electron chi connectivity index (χ0n) is 12.3. The van der Waals surface area contributed by atoms with Gasteiger partial charge in [-0.1, -0.05) is 13.0 Å². The molecule has 1 aromatic rings. The van der Waals surface area contributed by atoms with E-state index in [-0.39, 0.29) is 5.91 Å². The standard InChI is InChI=1S/C16H24N2O/c1-4-7-17-8-10-18(11-9-17)16(19)15-6-5-13(2)14(3)12-15/h5-6,12H,4,7-11H2,1-3H3. The van der Waals surface area contributed by atoms with E-state index in [0.717, 1.165) is 38.3 Å². The molecule has 1 heterocycles. The molecule has 2 rings (SSSR count). The molecule has 0 radical (unpaired) electrons.